The first-order chi connectivity index (χ1) is 8.69. The maximum absolute atomic E-state index is 4.26. The molecule has 3 heteroatoms. The maximum atomic E-state index is 4.26. The summed E-state index contributed by atoms with van der Waals surface area (Å²) in [5.74, 6) is 1.84. The molecule has 0 amide bonds. The Morgan fingerprint density at radius 3 is 3.00 bits per heavy atom. The van der Waals surface area contributed by atoms with Crippen molar-refractivity contribution in [1.29, 1.82) is 0 Å². The second-order valence-electron chi connectivity index (χ2n) is 5.64. The Labute approximate surface area is 111 Å². The van der Waals surface area contributed by atoms with Crippen molar-refractivity contribution in [3.8, 4) is 0 Å². The fraction of sp³-hybridized carbons (Fsp3) is 0.667. The van der Waals surface area contributed by atoms with Crippen molar-refractivity contribution in [3.63, 3.8) is 0 Å². The summed E-state index contributed by atoms with van der Waals surface area (Å²) in [6.07, 6.45) is 7.38. The summed E-state index contributed by atoms with van der Waals surface area (Å²) < 4.78 is 0. The van der Waals surface area contributed by atoms with Gasteiger partial charge in [0, 0.05) is 25.8 Å². The van der Waals surface area contributed by atoms with Crippen LogP contribution in [-0.2, 0) is 6.54 Å². The average Bonchev–Trinajstić information content (AvgIpc) is 2.39. The molecule has 0 bridgehead atoms. The number of hydrogen-bond acceptors (Lipinski definition) is 3. The van der Waals surface area contributed by atoms with Gasteiger partial charge in [-0.1, -0.05) is 19.8 Å². The summed E-state index contributed by atoms with van der Waals surface area (Å²) >= 11 is 0. The average molecular weight is 247 g/mol. The van der Waals surface area contributed by atoms with Gasteiger partial charge in [-0.2, -0.15) is 0 Å². The third kappa shape index (κ3) is 3.45. The van der Waals surface area contributed by atoms with E-state index in [1.54, 1.807) is 0 Å². The van der Waals surface area contributed by atoms with E-state index in [9.17, 15) is 0 Å². The number of anilines is 1. The zero-order valence-corrected chi connectivity index (χ0v) is 11.8. The zero-order valence-electron chi connectivity index (χ0n) is 11.8. The van der Waals surface area contributed by atoms with Crippen molar-refractivity contribution in [1.82, 2.24) is 9.88 Å². The number of hydrogen-bond donors (Lipinski definition) is 1. The van der Waals surface area contributed by atoms with Gasteiger partial charge in [0.15, 0.2) is 0 Å². The second kappa shape index (κ2) is 6.19. The number of pyridine rings is 1. The maximum Gasteiger partial charge on any atom is 0.125 e. The van der Waals surface area contributed by atoms with E-state index in [1.165, 1.54) is 31.2 Å². The topological polar surface area (TPSA) is 28.2 Å². The molecule has 0 aromatic carbocycles. The summed E-state index contributed by atoms with van der Waals surface area (Å²) in [5.41, 5.74) is 1.34. The van der Waals surface area contributed by atoms with Gasteiger partial charge < -0.3 is 5.32 Å². The van der Waals surface area contributed by atoms with Crippen molar-refractivity contribution in [2.75, 3.05) is 19.4 Å². The molecule has 1 aromatic rings. The van der Waals surface area contributed by atoms with Gasteiger partial charge in [-0.15, -0.1) is 0 Å². The van der Waals surface area contributed by atoms with E-state index in [0.29, 0.717) is 0 Å². The van der Waals surface area contributed by atoms with Crippen LogP contribution in [0.2, 0.25) is 0 Å². The lowest BCUT2D eigenvalue weighted by atomic mass is 9.86. The molecule has 2 atom stereocenters. The highest BCUT2D eigenvalue weighted by Gasteiger charge is 2.22. The Morgan fingerprint density at radius 2 is 2.28 bits per heavy atom. The summed E-state index contributed by atoms with van der Waals surface area (Å²) in [7, 11) is 4.17. The Balaban J connectivity index is 1.95. The standard InChI is InChI=1S/C15H25N3/c1-12-5-4-6-14(9-12)18(3)11-13-7-8-17-15(10-13)16-2/h7-8,10,12,14H,4-6,9,11H2,1-3H3,(H,16,17). The van der Waals surface area contributed by atoms with E-state index >= 15 is 0 Å². The first kappa shape index (κ1) is 13.3. The largest absolute Gasteiger partial charge is 0.373 e. The lowest BCUT2D eigenvalue weighted by Gasteiger charge is -2.34. The van der Waals surface area contributed by atoms with Crippen LogP contribution in [0.1, 0.15) is 38.2 Å². The van der Waals surface area contributed by atoms with Crippen LogP contribution in [0, 0.1) is 5.92 Å². The predicted octanol–water partition coefficient (Wildman–Crippen LogP) is 3.13. The molecule has 1 aliphatic rings. The van der Waals surface area contributed by atoms with Crippen molar-refractivity contribution in [2.45, 2.75) is 45.2 Å². The van der Waals surface area contributed by atoms with Gasteiger partial charge in [0.25, 0.3) is 0 Å². The van der Waals surface area contributed by atoms with Gasteiger partial charge in [0.2, 0.25) is 0 Å². The minimum Gasteiger partial charge on any atom is -0.373 e. The van der Waals surface area contributed by atoms with Crippen molar-refractivity contribution >= 4 is 5.82 Å². The fourth-order valence-electron chi connectivity index (χ4n) is 2.93. The third-order valence-electron chi connectivity index (χ3n) is 4.04. The molecule has 3 nitrogen and oxygen atoms in total. The van der Waals surface area contributed by atoms with Crippen molar-refractivity contribution in [2.24, 2.45) is 5.92 Å². The molecule has 2 unspecified atom stereocenters. The Hall–Kier alpha value is -1.09. The molecular formula is C15H25N3. The van der Waals surface area contributed by atoms with Crippen LogP contribution in [0.15, 0.2) is 18.3 Å². The number of nitrogens with one attached hydrogen (secondary N) is 1. The van der Waals surface area contributed by atoms with E-state index in [0.717, 1.165) is 24.3 Å². The van der Waals surface area contributed by atoms with Crippen LogP contribution in [0.25, 0.3) is 0 Å². The molecule has 1 heterocycles. The molecule has 2 rings (SSSR count). The van der Waals surface area contributed by atoms with Crippen LogP contribution in [-0.4, -0.2) is 30.0 Å². The Kier molecular flexibility index (Phi) is 4.59. The number of rotatable bonds is 4. The van der Waals surface area contributed by atoms with Gasteiger partial charge in [-0.3, -0.25) is 4.90 Å². The Bertz CT molecular complexity index is 378. The van der Waals surface area contributed by atoms with E-state index in [-0.39, 0.29) is 0 Å². The van der Waals surface area contributed by atoms with Crippen LogP contribution in [0.4, 0.5) is 5.82 Å². The van der Waals surface area contributed by atoms with Crippen LogP contribution in [0.5, 0.6) is 0 Å². The molecule has 1 fully saturated rings. The molecule has 100 valence electrons. The lowest BCUT2D eigenvalue weighted by Crippen LogP contribution is -2.35. The van der Waals surface area contributed by atoms with Gasteiger partial charge in [-0.25, -0.2) is 4.98 Å². The smallest absolute Gasteiger partial charge is 0.125 e. The van der Waals surface area contributed by atoms with Crippen LogP contribution >= 0.6 is 0 Å². The molecule has 1 aliphatic carbocycles. The zero-order chi connectivity index (χ0) is 13.0. The van der Waals surface area contributed by atoms with Crippen molar-refractivity contribution < 1.29 is 0 Å². The van der Waals surface area contributed by atoms with Gasteiger partial charge in [-0.05, 0) is 43.5 Å². The fourth-order valence-corrected chi connectivity index (χ4v) is 2.93. The van der Waals surface area contributed by atoms with E-state index in [1.807, 2.05) is 13.2 Å². The first-order valence-electron chi connectivity index (χ1n) is 7.02. The normalized spacial score (nSPS) is 24.2. The van der Waals surface area contributed by atoms with E-state index < -0.39 is 0 Å². The molecule has 0 saturated heterocycles. The van der Waals surface area contributed by atoms with Gasteiger partial charge in [0.05, 0.1) is 0 Å². The number of nitrogens with zero attached hydrogens (tertiary/aromatic N) is 2. The van der Waals surface area contributed by atoms with Crippen LogP contribution in [0.3, 0.4) is 0 Å². The highest BCUT2D eigenvalue weighted by molar-refractivity contribution is 5.36. The van der Waals surface area contributed by atoms with E-state index in [4.69, 9.17) is 0 Å². The monoisotopic (exact) mass is 247 g/mol. The van der Waals surface area contributed by atoms with E-state index in [2.05, 4.69) is 41.3 Å². The molecular weight excluding hydrogens is 222 g/mol. The summed E-state index contributed by atoms with van der Waals surface area (Å²) in [6, 6.07) is 5.01. The quantitative estimate of drug-likeness (QED) is 0.886. The summed E-state index contributed by atoms with van der Waals surface area (Å²) in [5, 5.41) is 3.10. The van der Waals surface area contributed by atoms with Gasteiger partial charge >= 0.3 is 0 Å². The van der Waals surface area contributed by atoms with Gasteiger partial charge in [0.1, 0.15) is 5.82 Å². The molecule has 1 N–H and O–H groups in total. The second-order valence-corrected chi connectivity index (χ2v) is 5.64. The minimum absolute atomic E-state index is 0.750. The molecule has 1 saturated carbocycles. The first-order valence-corrected chi connectivity index (χ1v) is 7.02. The molecule has 0 radical (unpaired) electrons. The summed E-state index contributed by atoms with van der Waals surface area (Å²) in [4.78, 5) is 6.76. The molecule has 1 aromatic heterocycles. The molecule has 0 spiro atoms. The minimum atomic E-state index is 0.750. The third-order valence-corrected chi connectivity index (χ3v) is 4.04. The summed E-state index contributed by atoms with van der Waals surface area (Å²) in [6.45, 7) is 3.40. The highest BCUT2D eigenvalue weighted by atomic mass is 15.1. The number of aromatic nitrogens is 1. The Morgan fingerprint density at radius 1 is 1.44 bits per heavy atom. The molecule has 0 aliphatic heterocycles. The highest BCUT2D eigenvalue weighted by Crippen LogP contribution is 2.27. The lowest BCUT2D eigenvalue weighted by molar-refractivity contribution is 0.157. The van der Waals surface area contributed by atoms with Crippen molar-refractivity contribution in [3.05, 3.63) is 23.9 Å². The predicted molar refractivity (Wildman–Crippen MR) is 76.7 cm³/mol. The SMILES string of the molecule is CNc1cc(CN(C)C2CCCC(C)C2)ccn1. The molecule has 18 heavy (non-hydrogen) atoms. The van der Waals surface area contributed by atoms with Crippen LogP contribution < -0.4 is 5.32 Å².